The number of anilines is 2. The molecule has 0 atom stereocenters. The minimum Gasteiger partial charge on any atom is -0.456 e. The number of hydrogen-bond donors (Lipinski definition) is 3. The second-order valence-electron chi connectivity index (χ2n) is 6.39. The first-order chi connectivity index (χ1) is 14.3. The first-order valence-corrected chi connectivity index (χ1v) is 9.83. The highest BCUT2D eigenvalue weighted by Crippen LogP contribution is 2.33. The predicted octanol–water partition coefficient (Wildman–Crippen LogP) is 3.81. The molecule has 4 heterocycles. The van der Waals surface area contributed by atoms with E-state index in [1.807, 2.05) is 37.3 Å². The van der Waals surface area contributed by atoms with Gasteiger partial charge in [-0.05, 0) is 37.3 Å². The lowest BCUT2D eigenvalue weighted by atomic mass is 10.1. The van der Waals surface area contributed by atoms with E-state index in [9.17, 15) is 0 Å². The summed E-state index contributed by atoms with van der Waals surface area (Å²) in [6, 6.07) is 14.3. The molecule has 3 aromatic heterocycles. The van der Waals surface area contributed by atoms with Crippen molar-refractivity contribution in [1.29, 1.82) is 0 Å². The van der Waals surface area contributed by atoms with Gasteiger partial charge in [0.25, 0.3) is 0 Å². The van der Waals surface area contributed by atoms with Crippen LogP contribution in [-0.4, -0.2) is 19.9 Å². The monoisotopic (exact) mass is 403 g/mol. The molecule has 0 amide bonds. The number of fused-ring (bicyclic) bond motifs is 1. The van der Waals surface area contributed by atoms with E-state index in [-0.39, 0.29) is 0 Å². The van der Waals surface area contributed by atoms with E-state index in [2.05, 4.69) is 37.4 Å². The quantitative estimate of drug-likeness (QED) is 0.463. The normalized spacial score (nSPS) is 12.2. The number of thiazole rings is 1. The molecule has 0 aliphatic carbocycles. The number of aryl methyl sites for hydroxylation is 1. The average molecular weight is 403 g/mol. The first-order valence-electron chi connectivity index (χ1n) is 9.01. The van der Waals surface area contributed by atoms with E-state index in [4.69, 9.17) is 9.72 Å². The molecule has 0 spiro atoms. The zero-order chi connectivity index (χ0) is 19.6. The fourth-order valence-electron chi connectivity index (χ4n) is 3.04. The van der Waals surface area contributed by atoms with Crippen molar-refractivity contribution in [3.05, 3.63) is 65.6 Å². The summed E-state index contributed by atoms with van der Waals surface area (Å²) in [4.78, 5) is 18.7. The molecule has 0 saturated heterocycles. The van der Waals surface area contributed by atoms with Gasteiger partial charge in [-0.3, -0.25) is 0 Å². The minimum atomic E-state index is 0.325. The molecule has 9 heteroatoms. The smallest absolute Gasteiger partial charge is 0.316 e. The second kappa shape index (κ2) is 7.46. The Morgan fingerprint density at radius 3 is 2.66 bits per heavy atom. The van der Waals surface area contributed by atoms with Gasteiger partial charge in [0.1, 0.15) is 11.6 Å². The molecular weight excluding hydrogens is 386 g/mol. The highest BCUT2D eigenvalue weighted by molar-refractivity contribution is 7.15. The van der Waals surface area contributed by atoms with Crippen LogP contribution in [-0.2, 0) is 6.61 Å². The Balaban J connectivity index is 1.40. The summed E-state index contributed by atoms with van der Waals surface area (Å²) in [5, 5.41) is 0.857. The third-order valence-corrected chi connectivity index (χ3v) is 5.55. The van der Waals surface area contributed by atoms with Crippen molar-refractivity contribution in [2.24, 2.45) is 0 Å². The number of rotatable bonds is 5. The van der Waals surface area contributed by atoms with Crippen molar-refractivity contribution in [3.63, 3.8) is 0 Å². The molecule has 1 aliphatic heterocycles. The maximum atomic E-state index is 5.62. The molecule has 0 saturated carbocycles. The van der Waals surface area contributed by atoms with E-state index < -0.39 is 0 Å². The van der Waals surface area contributed by atoms with E-state index in [0.29, 0.717) is 12.6 Å². The third-order valence-electron chi connectivity index (χ3n) is 4.40. The standard InChI is InChI=1S/C20H17N7OS/c1-12-19(29-18(23-12)11-28-20-21-8-3-9-22-20)16-5-2-4-14(24-16)13-6-7-15-17(10-13)26-27-25-15/h2-10,25-27H,11H2,1H3. The van der Waals surface area contributed by atoms with Crippen LogP contribution in [0.4, 0.5) is 11.4 Å². The van der Waals surface area contributed by atoms with Gasteiger partial charge >= 0.3 is 6.01 Å². The van der Waals surface area contributed by atoms with Crippen LogP contribution < -0.4 is 21.1 Å². The van der Waals surface area contributed by atoms with Crippen LogP contribution >= 0.6 is 11.3 Å². The largest absolute Gasteiger partial charge is 0.456 e. The maximum Gasteiger partial charge on any atom is 0.316 e. The molecule has 0 bridgehead atoms. The highest BCUT2D eigenvalue weighted by Gasteiger charge is 2.14. The predicted molar refractivity (Wildman–Crippen MR) is 112 cm³/mol. The lowest BCUT2D eigenvalue weighted by Gasteiger charge is -2.06. The lowest BCUT2D eigenvalue weighted by molar-refractivity contribution is 0.280. The Labute approximate surface area is 171 Å². The summed E-state index contributed by atoms with van der Waals surface area (Å²) in [7, 11) is 0. The number of benzene rings is 1. The molecule has 0 radical (unpaired) electrons. The molecule has 1 aliphatic rings. The summed E-state index contributed by atoms with van der Waals surface area (Å²) < 4.78 is 5.62. The molecule has 29 heavy (non-hydrogen) atoms. The van der Waals surface area contributed by atoms with Crippen molar-refractivity contribution in [2.75, 3.05) is 10.9 Å². The fraction of sp³-hybridized carbons (Fsp3) is 0.100. The number of nitrogens with one attached hydrogen (secondary N) is 3. The van der Waals surface area contributed by atoms with Crippen LogP contribution in [0, 0.1) is 6.92 Å². The number of hydrazine groups is 2. The molecule has 144 valence electrons. The van der Waals surface area contributed by atoms with Crippen molar-refractivity contribution in [2.45, 2.75) is 13.5 Å². The maximum absolute atomic E-state index is 5.62. The first kappa shape index (κ1) is 17.5. The van der Waals surface area contributed by atoms with Crippen molar-refractivity contribution >= 4 is 22.7 Å². The number of nitrogens with zero attached hydrogens (tertiary/aromatic N) is 4. The zero-order valence-corrected chi connectivity index (χ0v) is 16.3. The molecule has 3 N–H and O–H groups in total. The van der Waals surface area contributed by atoms with Gasteiger partial charge in [-0.25, -0.2) is 19.9 Å². The Morgan fingerprint density at radius 1 is 0.931 bits per heavy atom. The second-order valence-corrected chi connectivity index (χ2v) is 7.47. The molecule has 1 aromatic carbocycles. The van der Waals surface area contributed by atoms with Gasteiger partial charge in [0.2, 0.25) is 0 Å². The average Bonchev–Trinajstić information content (AvgIpc) is 3.39. The van der Waals surface area contributed by atoms with Crippen LogP contribution in [0.3, 0.4) is 0 Å². The van der Waals surface area contributed by atoms with Gasteiger partial charge in [-0.15, -0.1) is 16.9 Å². The number of ether oxygens (including phenoxy) is 1. The summed E-state index contributed by atoms with van der Waals surface area (Å²) >= 11 is 1.57. The van der Waals surface area contributed by atoms with Gasteiger partial charge < -0.3 is 15.6 Å². The number of hydrogen-bond acceptors (Lipinski definition) is 9. The van der Waals surface area contributed by atoms with Gasteiger partial charge in [-0.2, -0.15) is 0 Å². The van der Waals surface area contributed by atoms with Crippen LogP contribution in [0.5, 0.6) is 6.01 Å². The summed E-state index contributed by atoms with van der Waals surface area (Å²) in [5.74, 6) is 0. The van der Waals surface area contributed by atoms with Crippen molar-refractivity contribution in [1.82, 2.24) is 25.5 Å². The lowest BCUT2D eigenvalue weighted by Crippen LogP contribution is -2.19. The van der Waals surface area contributed by atoms with E-state index in [1.165, 1.54) is 0 Å². The van der Waals surface area contributed by atoms with Gasteiger partial charge in [0.15, 0.2) is 0 Å². The number of pyridine rings is 1. The van der Waals surface area contributed by atoms with Gasteiger partial charge in [-0.1, -0.05) is 12.1 Å². The SMILES string of the molecule is Cc1nc(COc2ncccn2)sc1-c1cccc(-c2ccc3c(c2)NNN3)n1. The Kier molecular flexibility index (Phi) is 4.51. The molecular formula is C20H17N7OS. The zero-order valence-electron chi connectivity index (χ0n) is 15.5. The molecule has 5 rings (SSSR count). The van der Waals surface area contributed by atoms with Crippen molar-refractivity contribution in [3.8, 4) is 27.8 Å². The van der Waals surface area contributed by atoms with E-state index in [0.717, 1.165) is 43.9 Å². The van der Waals surface area contributed by atoms with Crippen molar-refractivity contribution < 1.29 is 4.74 Å². The topological polar surface area (TPSA) is 96.9 Å². The summed E-state index contributed by atoms with van der Waals surface area (Å²) in [6.45, 7) is 2.31. The molecule has 0 unspecified atom stereocenters. The Morgan fingerprint density at radius 2 is 1.76 bits per heavy atom. The van der Waals surface area contributed by atoms with Crippen LogP contribution in [0.2, 0.25) is 0 Å². The van der Waals surface area contributed by atoms with Gasteiger partial charge in [0.05, 0.1) is 33.3 Å². The molecule has 4 aromatic rings. The van der Waals surface area contributed by atoms with E-state index in [1.54, 1.807) is 29.8 Å². The summed E-state index contributed by atoms with van der Waals surface area (Å²) in [5.41, 5.74) is 14.8. The fourth-order valence-corrected chi connectivity index (χ4v) is 3.99. The van der Waals surface area contributed by atoms with Crippen LogP contribution in [0.15, 0.2) is 54.9 Å². The number of aromatic nitrogens is 4. The third kappa shape index (κ3) is 3.60. The Hall–Kier alpha value is -3.56. The minimum absolute atomic E-state index is 0.325. The Bertz CT molecular complexity index is 1160. The van der Waals surface area contributed by atoms with Crippen LogP contribution in [0.1, 0.15) is 10.7 Å². The molecule has 8 nitrogen and oxygen atoms in total. The highest BCUT2D eigenvalue weighted by atomic mass is 32.1. The summed E-state index contributed by atoms with van der Waals surface area (Å²) in [6.07, 6.45) is 3.30. The molecule has 0 fully saturated rings. The van der Waals surface area contributed by atoms with E-state index >= 15 is 0 Å². The van der Waals surface area contributed by atoms with Gasteiger partial charge in [0, 0.05) is 18.0 Å². The van der Waals surface area contributed by atoms with Crippen LogP contribution in [0.25, 0.3) is 21.8 Å².